The van der Waals surface area contributed by atoms with E-state index in [9.17, 15) is 4.79 Å². The summed E-state index contributed by atoms with van der Waals surface area (Å²) in [6, 6.07) is 2.03. The molecule has 0 aliphatic rings. The minimum Gasteiger partial charge on any atom is -0.351 e. The summed E-state index contributed by atoms with van der Waals surface area (Å²) in [5.74, 6) is 0.739. The van der Waals surface area contributed by atoms with Gasteiger partial charge in [0.25, 0.3) is 5.91 Å². The van der Waals surface area contributed by atoms with Crippen molar-refractivity contribution in [1.82, 2.24) is 5.32 Å². The topological polar surface area (TPSA) is 29.1 Å². The van der Waals surface area contributed by atoms with Gasteiger partial charge in [0.15, 0.2) is 0 Å². The van der Waals surface area contributed by atoms with Crippen LogP contribution < -0.4 is 5.32 Å². The summed E-state index contributed by atoms with van der Waals surface area (Å²) in [7, 11) is 0. The van der Waals surface area contributed by atoms with E-state index in [-0.39, 0.29) is 11.3 Å². The second-order valence-corrected chi connectivity index (χ2v) is 6.56. The van der Waals surface area contributed by atoms with Crippen molar-refractivity contribution in [3.8, 4) is 0 Å². The van der Waals surface area contributed by atoms with Gasteiger partial charge in [0.05, 0.1) is 4.88 Å². The lowest BCUT2D eigenvalue weighted by Crippen LogP contribution is -2.34. The Balaban J connectivity index is 2.51. The molecule has 1 rings (SSSR count). The Morgan fingerprint density at radius 1 is 1.50 bits per heavy atom. The highest BCUT2D eigenvalue weighted by molar-refractivity contribution is 7.12. The van der Waals surface area contributed by atoms with Crippen LogP contribution in [0.15, 0.2) is 11.4 Å². The van der Waals surface area contributed by atoms with E-state index >= 15 is 0 Å². The van der Waals surface area contributed by atoms with Crippen molar-refractivity contribution in [1.29, 1.82) is 0 Å². The van der Waals surface area contributed by atoms with Crippen LogP contribution in [0, 0.1) is 5.41 Å². The molecule has 18 heavy (non-hydrogen) atoms. The number of hydrogen-bond acceptors (Lipinski definition) is 2. The summed E-state index contributed by atoms with van der Waals surface area (Å²) < 4.78 is 0. The van der Waals surface area contributed by atoms with Gasteiger partial charge in [0, 0.05) is 12.4 Å². The first kappa shape index (κ1) is 15.5. The quantitative estimate of drug-likeness (QED) is 0.752. The third-order valence-corrected chi connectivity index (χ3v) is 4.27. The average Bonchev–Trinajstić information content (AvgIpc) is 2.82. The van der Waals surface area contributed by atoms with Gasteiger partial charge in [-0.05, 0) is 41.7 Å². The molecule has 0 radical (unpaired) electrons. The van der Waals surface area contributed by atoms with E-state index in [4.69, 9.17) is 11.6 Å². The minimum absolute atomic E-state index is 0.0563. The van der Waals surface area contributed by atoms with Crippen LogP contribution >= 0.6 is 22.9 Å². The molecule has 4 heteroatoms. The summed E-state index contributed by atoms with van der Waals surface area (Å²) in [6.45, 7) is 7.09. The van der Waals surface area contributed by atoms with Gasteiger partial charge in [0.2, 0.25) is 0 Å². The average molecular weight is 288 g/mol. The first-order valence-corrected chi connectivity index (χ1v) is 7.82. The Morgan fingerprint density at radius 2 is 2.22 bits per heavy atom. The van der Waals surface area contributed by atoms with Crippen molar-refractivity contribution in [3.63, 3.8) is 0 Å². The van der Waals surface area contributed by atoms with Crippen molar-refractivity contribution in [2.75, 3.05) is 12.4 Å². The highest BCUT2D eigenvalue weighted by atomic mass is 35.5. The normalized spacial score (nSPS) is 11.6. The van der Waals surface area contributed by atoms with Crippen molar-refractivity contribution in [2.45, 2.75) is 40.0 Å². The molecule has 1 heterocycles. The number of rotatable bonds is 7. The van der Waals surface area contributed by atoms with E-state index in [0.717, 1.165) is 29.7 Å². The zero-order valence-corrected chi connectivity index (χ0v) is 13.0. The molecule has 0 aliphatic carbocycles. The maximum atomic E-state index is 12.1. The Hall–Kier alpha value is -0.540. The van der Waals surface area contributed by atoms with Gasteiger partial charge < -0.3 is 5.32 Å². The largest absolute Gasteiger partial charge is 0.351 e. The lowest BCUT2D eigenvalue weighted by molar-refractivity contribution is 0.0938. The van der Waals surface area contributed by atoms with Gasteiger partial charge in [-0.2, -0.15) is 0 Å². The summed E-state index contributed by atoms with van der Waals surface area (Å²) in [6.07, 6.45) is 2.92. The lowest BCUT2D eigenvalue weighted by atomic mass is 9.88. The minimum atomic E-state index is 0.0563. The Morgan fingerprint density at radius 3 is 2.83 bits per heavy atom. The first-order valence-electron chi connectivity index (χ1n) is 6.40. The number of carbonyl (C=O) groups is 1. The fourth-order valence-corrected chi connectivity index (χ4v) is 2.89. The van der Waals surface area contributed by atoms with Crippen molar-refractivity contribution in [3.05, 3.63) is 21.9 Å². The van der Waals surface area contributed by atoms with Crippen LogP contribution in [0.5, 0.6) is 0 Å². The summed E-state index contributed by atoms with van der Waals surface area (Å²) in [5.41, 5.74) is 1.24. The highest BCUT2D eigenvalue weighted by Crippen LogP contribution is 2.22. The van der Waals surface area contributed by atoms with E-state index < -0.39 is 0 Å². The number of hydrogen-bond donors (Lipinski definition) is 1. The molecule has 0 aliphatic heterocycles. The first-order chi connectivity index (χ1) is 8.50. The standard InChI is InChI=1S/C14H22ClNOS/c1-4-11-6-9-18-12(11)13(17)16-10-14(2,3)7-5-8-15/h6,9H,4-5,7-8,10H2,1-3H3,(H,16,17). The molecule has 0 aromatic carbocycles. The molecule has 0 saturated carbocycles. The van der Waals surface area contributed by atoms with Crippen LogP contribution in [-0.4, -0.2) is 18.3 Å². The Kier molecular flexibility index (Phi) is 6.16. The second-order valence-electron chi connectivity index (χ2n) is 5.27. The smallest absolute Gasteiger partial charge is 0.261 e. The third-order valence-electron chi connectivity index (χ3n) is 3.05. The van der Waals surface area contributed by atoms with Crippen molar-refractivity contribution < 1.29 is 4.79 Å². The monoisotopic (exact) mass is 287 g/mol. The van der Waals surface area contributed by atoms with Crippen LogP contribution in [-0.2, 0) is 6.42 Å². The van der Waals surface area contributed by atoms with Gasteiger partial charge in [-0.3, -0.25) is 4.79 Å². The van der Waals surface area contributed by atoms with E-state index in [0.29, 0.717) is 12.4 Å². The predicted molar refractivity (Wildman–Crippen MR) is 79.8 cm³/mol. The van der Waals surface area contributed by atoms with E-state index in [1.165, 1.54) is 11.3 Å². The van der Waals surface area contributed by atoms with Gasteiger partial charge in [-0.15, -0.1) is 22.9 Å². The van der Waals surface area contributed by atoms with Gasteiger partial charge in [-0.25, -0.2) is 0 Å². The molecule has 0 fully saturated rings. The van der Waals surface area contributed by atoms with E-state index in [1.54, 1.807) is 0 Å². The van der Waals surface area contributed by atoms with Crippen molar-refractivity contribution in [2.24, 2.45) is 5.41 Å². The molecule has 1 amide bonds. The second kappa shape index (κ2) is 7.15. The number of thiophene rings is 1. The third kappa shape index (κ3) is 4.62. The molecule has 1 aromatic rings. The summed E-state index contributed by atoms with van der Waals surface area (Å²) >= 11 is 7.22. The molecule has 1 N–H and O–H groups in total. The molecule has 102 valence electrons. The van der Waals surface area contributed by atoms with Crippen LogP contribution in [0.25, 0.3) is 0 Å². The number of aryl methyl sites for hydroxylation is 1. The number of amides is 1. The Labute approximate surface area is 119 Å². The molecule has 0 spiro atoms. The molecule has 2 nitrogen and oxygen atoms in total. The van der Waals surface area contributed by atoms with E-state index in [2.05, 4.69) is 26.1 Å². The van der Waals surface area contributed by atoms with Crippen LogP contribution in [0.1, 0.15) is 48.8 Å². The number of carbonyl (C=O) groups excluding carboxylic acids is 1. The highest BCUT2D eigenvalue weighted by Gasteiger charge is 2.20. The van der Waals surface area contributed by atoms with Crippen LogP contribution in [0.4, 0.5) is 0 Å². The number of nitrogens with one attached hydrogen (secondary N) is 1. The summed E-state index contributed by atoms with van der Waals surface area (Å²) in [5, 5.41) is 5.02. The SMILES string of the molecule is CCc1ccsc1C(=O)NCC(C)(C)CCCCl. The van der Waals surface area contributed by atoms with Gasteiger partial charge in [-0.1, -0.05) is 20.8 Å². The molecule has 0 bridgehead atoms. The zero-order valence-electron chi connectivity index (χ0n) is 11.4. The summed E-state index contributed by atoms with van der Waals surface area (Å²) in [4.78, 5) is 12.9. The van der Waals surface area contributed by atoms with Crippen LogP contribution in [0.2, 0.25) is 0 Å². The molecular weight excluding hydrogens is 266 g/mol. The maximum absolute atomic E-state index is 12.1. The van der Waals surface area contributed by atoms with Gasteiger partial charge >= 0.3 is 0 Å². The fraction of sp³-hybridized carbons (Fsp3) is 0.643. The van der Waals surface area contributed by atoms with Gasteiger partial charge in [0.1, 0.15) is 0 Å². The predicted octanol–water partition coefficient (Wildman–Crippen LogP) is 4.09. The van der Waals surface area contributed by atoms with Crippen LogP contribution in [0.3, 0.4) is 0 Å². The molecule has 0 unspecified atom stereocenters. The molecule has 0 atom stereocenters. The number of alkyl halides is 1. The maximum Gasteiger partial charge on any atom is 0.261 e. The molecule has 1 aromatic heterocycles. The molecule has 0 saturated heterocycles. The lowest BCUT2D eigenvalue weighted by Gasteiger charge is -2.24. The fourth-order valence-electron chi connectivity index (χ4n) is 1.85. The van der Waals surface area contributed by atoms with Crippen molar-refractivity contribution >= 4 is 28.8 Å². The Bertz CT molecular complexity index is 387. The zero-order chi connectivity index (χ0) is 13.6. The molecular formula is C14H22ClNOS. The number of halogens is 1. The van der Waals surface area contributed by atoms with E-state index in [1.807, 2.05) is 11.4 Å².